The van der Waals surface area contributed by atoms with Gasteiger partial charge in [-0.1, -0.05) is 54.9 Å². The van der Waals surface area contributed by atoms with Crippen molar-refractivity contribution in [1.29, 1.82) is 0 Å². The topological polar surface area (TPSA) is 158 Å². The van der Waals surface area contributed by atoms with Crippen LogP contribution in [0.4, 0.5) is 0 Å². The van der Waals surface area contributed by atoms with Crippen molar-refractivity contribution in [1.82, 2.24) is 14.6 Å². The molecule has 1 aliphatic heterocycles. The average molecular weight is 630 g/mol. The number of rotatable bonds is 11. The molecule has 3 rings (SSSR count). The Balaban J connectivity index is 1.74. The lowest BCUT2D eigenvalue weighted by Crippen LogP contribution is -2.37. The van der Waals surface area contributed by atoms with Crippen LogP contribution in [0.1, 0.15) is 45.9 Å². The number of nitrogens with one attached hydrogen (secondary N) is 2. The summed E-state index contributed by atoms with van der Waals surface area (Å²) in [4.78, 5) is 40.5. The number of aromatic amines is 1. The van der Waals surface area contributed by atoms with Crippen molar-refractivity contribution in [3.63, 3.8) is 0 Å². The molecule has 0 amide bonds. The number of esters is 1. The zero-order chi connectivity index (χ0) is 28.8. The number of nitrogens with zero attached hydrogens (tertiary/aromatic N) is 1. The molecular formula is C25H33BrN3O9P. The average Bonchev–Trinajstić information content (AvgIpc) is 3.23. The first-order valence-corrected chi connectivity index (χ1v) is 14.7. The monoisotopic (exact) mass is 629 g/mol. The molecule has 39 heavy (non-hydrogen) atoms. The van der Waals surface area contributed by atoms with Gasteiger partial charge in [-0.2, -0.15) is 5.09 Å². The first-order chi connectivity index (χ1) is 18.3. The number of aliphatic hydroxyl groups excluding tert-OH is 1. The van der Waals surface area contributed by atoms with Crippen molar-refractivity contribution < 1.29 is 33.0 Å². The number of benzene rings is 1. The summed E-state index contributed by atoms with van der Waals surface area (Å²) >= 11 is 3.09. The highest BCUT2D eigenvalue weighted by Crippen LogP contribution is 2.46. The summed E-state index contributed by atoms with van der Waals surface area (Å²) in [5.41, 5.74) is -1.36. The van der Waals surface area contributed by atoms with E-state index in [0.717, 1.165) is 4.57 Å². The fourth-order valence-electron chi connectivity index (χ4n) is 3.52. The molecule has 1 aliphatic rings. The normalized spacial score (nSPS) is 21.9. The molecule has 1 aromatic carbocycles. The molecule has 214 valence electrons. The molecule has 2 aromatic rings. The summed E-state index contributed by atoms with van der Waals surface area (Å²) in [7, 11) is -4.19. The van der Waals surface area contributed by atoms with Crippen LogP contribution in [0, 0.1) is 5.41 Å². The Morgan fingerprint density at radius 1 is 1.33 bits per heavy atom. The van der Waals surface area contributed by atoms with Gasteiger partial charge in [-0.25, -0.2) is 9.36 Å². The number of hydrogen-bond acceptors (Lipinski definition) is 9. The van der Waals surface area contributed by atoms with Gasteiger partial charge < -0.3 is 19.1 Å². The smallest absolute Gasteiger partial charge is 0.459 e. The van der Waals surface area contributed by atoms with Crippen LogP contribution in [-0.2, 0) is 23.4 Å². The van der Waals surface area contributed by atoms with E-state index in [4.69, 9.17) is 18.5 Å². The van der Waals surface area contributed by atoms with Crippen LogP contribution in [0.15, 0.2) is 51.1 Å². The van der Waals surface area contributed by atoms with E-state index in [9.17, 15) is 24.1 Å². The number of carbonyl (C=O) groups excluding carboxylic acids is 1. The molecule has 0 spiro atoms. The SMILES string of the molecule is C[C@H](NP(=O)(OCC1OC(n2cc(/C=C/Br)c(=O)[nH]c2=O)CC1O)Oc1ccccc1)C(=O)OCC(C)(C)C. The van der Waals surface area contributed by atoms with Crippen LogP contribution in [0.3, 0.4) is 0 Å². The van der Waals surface area contributed by atoms with E-state index in [1.807, 2.05) is 20.8 Å². The summed E-state index contributed by atoms with van der Waals surface area (Å²) in [5.74, 6) is -0.421. The summed E-state index contributed by atoms with van der Waals surface area (Å²) in [5, 5.41) is 13.2. The van der Waals surface area contributed by atoms with E-state index in [1.54, 1.807) is 30.3 Å². The number of H-pyrrole nitrogens is 1. The third-order valence-corrected chi connectivity index (χ3v) is 7.39. The molecular weight excluding hydrogens is 597 g/mol. The highest BCUT2D eigenvalue weighted by atomic mass is 79.9. The second-order valence-electron chi connectivity index (χ2n) is 10.2. The second kappa shape index (κ2) is 13.2. The molecule has 5 atom stereocenters. The first kappa shape index (κ1) is 31.0. The van der Waals surface area contributed by atoms with Crippen LogP contribution in [0.5, 0.6) is 5.75 Å². The van der Waals surface area contributed by atoms with E-state index in [-0.39, 0.29) is 29.8 Å². The highest BCUT2D eigenvalue weighted by Gasteiger charge is 2.39. The Kier molecular flexibility index (Phi) is 10.5. The minimum absolute atomic E-state index is 0.00421. The van der Waals surface area contributed by atoms with Crippen molar-refractivity contribution in [2.75, 3.05) is 13.2 Å². The molecule has 1 saturated heterocycles. The Hall–Kier alpha value is -2.54. The molecule has 0 bridgehead atoms. The molecule has 0 saturated carbocycles. The maximum atomic E-state index is 13.7. The molecule has 12 nitrogen and oxygen atoms in total. The van der Waals surface area contributed by atoms with Crippen molar-refractivity contribution in [3.8, 4) is 5.75 Å². The molecule has 3 N–H and O–H groups in total. The number of para-hydroxylation sites is 1. The zero-order valence-corrected chi connectivity index (χ0v) is 24.5. The van der Waals surface area contributed by atoms with Crippen molar-refractivity contribution in [2.24, 2.45) is 5.41 Å². The molecule has 2 heterocycles. The lowest BCUT2D eigenvalue weighted by Gasteiger charge is -2.25. The predicted octanol–water partition coefficient (Wildman–Crippen LogP) is 3.32. The number of carbonyl (C=O) groups is 1. The lowest BCUT2D eigenvalue weighted by molar-refractivity contribution is -0.148. The molecule has 0 aliphatic carbocycles. The number of ether oxygens (including phenoxy) is 2. The second-order valence-corrected chi connectivity index (χ2v) is 12.4. The van der Waals surface area contributed by atoms with Gasteiger partial charge in [0.15, 0.2) is 0 Å². The fourth-order valence-corrected chi connectivity index (χ4v) is 5.31. The summed E-state index contributed by atoms with van der Waals surface area (Å²) in [6.45, 7) is 6.95. The third-order valence-electron chi connectivity index (χ3n) is 5.48. The van der Waals surface area contributed by atoms with Crippen LogP contribution >= 0.6 is 23.7 Å². The maximum Gasteiger partial charge on any atom is 0.459 e. The fraction of sp³-hybridized carbons (Fsp3) is 0.480. The lowest BCUT2D eigenvalue weighted by atomic mass is 9.99. The number of halogens is 1. The van der Waals surface area contributed by atoms with E-state index < -0.39 is 56.0 Å². The molecule has 4 unspecified atom stereocenters. The zero-order valence-electron chi connectivity index (χ0n) is 22.0. The van der Waals surface area contributed by atoms with Crippen LogP contribution in [0.2, 0.25) is 0 Å². The Morgan fingerprint density at radius 3 is 2.67 bits per heavy atom. The van der Waals surface area contributed by atoms with Gasteiger partial charge in [0, 0.05) is 12.6 Å². The molecule has 0 radical (unpaired) electrons. The Labute approximate surface area is 234 Å². The quantitative estimate of drug-likeness (QED) is 0.249. The standard InChI is InChI=1S/C25H33BrN3O9P/c1-16(23(32)35-15-25(2,3)4)28-39(34,38-18-8-6-5-7-9-18)36-14-20-19(30)12-21(37-20)29-13-17(10-11-26)22(31)27-24(29)33/h5-11,13,16,19-21,30H,12,14-15H2,1-4H3,(H,28,34)(H,27,31,33)/b11-10+/t16-,19?,20?,21?,39?/m0/s1. The van der Waals surface area contributed by atoms with E-state index in [2.05, 4.69) is 26.0 Å². The highest BCUT2D eigenvalue weighted by molar-refractivity contribution is 9.11. The molecule has 14 heteroatoms. The van der Waals surface area contributed by atoms with E-state index in [1.165, 1.54) is 24.2 Å². The summed E-state index contributed by atoms with van der Waals surface area (Å²) in [6.07, 6.45) is -0.240. The van der Waals surface area contributed by atoms with Gasteiger partial charge in [0.1, 0.15) is 24.1 Å². The maximum absolute atomic E-state index is 13.7. The van der Waals surface area contributed by atoms with E-state index >= 15 is 0 Å². The van der Waals surface area contributed by atoms with Gasteiger partial charge in [0.25, 0.3) is 5.56 Å². The van der Waals surface area contributed by atoms with Crippen molar-refractivity contribution in [2.45, 2.75) is 58.6 Å². The third kappa shape index (κ3) is 8.99. The van der Waals surface area contributed by atoms with Crippen molar-refractivity contribution in [3.05, 3.63) is 67.9 Å². The van der Waals surface area contributed by atoms with Gasteiger partial charge in [0.2, 0.25) is 0 Å². The summed E-state index contributed by atoms with van der Waals surface area (Å²) in [6, 6.07) is 7.19. The number of hydrogen-bond donors (Lipinski definition) is 3. The van der Waals surface area contributed by atoms with Gasteiger partial charge >= 0.3 is 19.4 Å². The van der Waals surface area contributed by atoms with Gasteiger partial charge in [-0.05, 0) is 35.5 Å². The molecule has 1 fully saturated rings. The number of aliphatic hydroxyl groups is 1. The minimum atomic E-state index is -4.19. The summed E-state index contributed by atoms with van der Waals surface area (Å²) < 4.78 is 37.2. The Morgan fingerprint density at radius 2 is 2.03 bits per heavy atom. The van der Waals surface area contributed by atoms with Crippen LogP contribution in [-0.4, -0.2) is 52.1 Å². The number of aromatic nitrogens is 2. The van der Waals surface area contributed by atoms with Crippen LogP contribution in [0.25, 0.3) is 6.08 Å². The molecule has 1 aromatic heterocycles. The predicted molar refractivity (Wildman–Crippen MR) is 147 cm³/mol. The first-order valence-electron chi connectivity index (χ1n) is 12.2. The van der Waals surface area contributed by atoms with Gasteiger partial charge in [0.05, 0.1) is 24.9 Å². The minimum Gasteiger partial charge on any atom is -0.464 e. The Bertz CT molecular complexity index is 1320. The largest absolute Gasteiger partial charge is 0.464 e. The van der Waals surface area contributed by atoms with Crippen molar-refractivity contribution >= 4 is 35.7 Å². The van der Waals surface area contributed by atoms with Gasteiger partial charge in [-0.3, -0.25) is 23.7 Å². The van der Waals surface area contributed by atoms with Gasteiger partial charge in [-0.15, -0.1) is 0 Å². The van der Waals surface area contributed by atoms with E-state index in [0.29, 0.717) is 0 Å². The van der Waals surface area contributed by atoms with Crippen LogP contribution < -0.4 is 20.9 Å².